The van der Waals surface area contributed by atoms with Crippen LogP contribution < -0.4 is 5.73 Å². The molecule has 0 spiro atoms. The quantitative estimate of drug-likeness (QED) is 0.792. The number of ether oxygens (including phenoxy) is 1. The molecule has 1 aromatic heterocycles. The first-order chi connectivity index (χ1) is 7.16. The maximum Gasteiger partial charge on any atom is 0.160 e. The van der Waals surface area contributed by atoms with E-state index >= 15 is 0 Å². The van der Waals surface area contributed by atoms with Crippen LogP contribution in [0.3, 0.4) is 0 Å². The van der Waals surface area contributed by atoms with Crippen LogP contribution in [0.5, 0.6) is 0 Å². The van der Waals surface area contributed by atoms with Gasteiger partial charge in [0.25, 0.3) is 0 Å². The topological polar surface area (TPSA) is 61.0 Å². The van der Waals surface area contributed by atoms with Gasteiger partial charge >= 0.3 is 0 Å². The molecule has 0 aliphatic carbocycles. The lowest BCUT2D eigenvalue weighted by molar-refractivity contribution is -0.00915. The molecule has 0 radical (unpaired) electrons. The Morgan fingerprint density at radius 3 is 2.80 bits per heavy atom. The second-order valence-corrected chi connectivity index (χ2v) is 3.70. The molecule has 1 heterocycles. The average molecular weight is 209 g/mol. The molecule has 2 N–H and O–H groups in total. The molecule has 1 rings (SSSR count). The molecule has 4 nitrogen and oxygen atoms in total. The molecule has 0 bridgehead atoms. The zero-order valence-corrected chi connectivity index (χ0v) is 9.66. The summed E-state index contributed by atoms with van der Waals surface area (Å²) in [6, 6.07) is 1.89. The molecule has 1 aromatic rings. The molecule has 0 aromatic carbocycles. The SMILES string of the molecule is CCC(C)(OC)c1nccc(CCN)n1. The molecule has 0 fully saturated rings. The van der Waals surface area contributed by atoms with Crippen LogP contribution in [0.15, 0.2) is 12.3 Å². The van der Waals surface area contributed by atoms with Gasteiger partial charge in [0.05, 0.1) is 0 Å². The number of nitrogens with two attached hydrogens (primary N) is 1. The predicted molar refractivity (Wildman–Crippen MR) is 59.4 cm³/mol. The van der Waals surface area contributed by atoms with Gasteiger partial charge in [-0.3, -0.25) is 0 Å². The van der Waals surface area contributed by atoms with Crippen LogP contribution in [0.1, 0.15) is 31.8 Å². The molecular weight excluding hydrogens is 190 g/mol. The van der Waals surface area contributed by atoms with E-state index in [1.807, 2.05) is 13.0 Å². The highest BCUT2D eigenvalue weighted by Gasteiger charge is 2.27. The van der Waals surface area contributed by atoms with Gasteiger partial charge in [-0.05, 0) is 26.0 Å². The largest absolute Gasteiger partial charge is 0.371 e. The smallest absolute Gasteiger partial charge is 0.160 e. The Balaban J connectivity index is 2.98. The third-order valence-electron chi connectivity index (χ3n) is 2.71. The second kappa shape index (κ2) is 5.19. The molecule has 0 aliphatic rings. The van der Waals surface area contributed by atoms with Crippen molar-refractivity contribution in [1.82, 2.24) is 9.97 Å². The number of nitrogens with zero attached hydrogens (tertiary/aromatic N) is 2. The Kier molecular flexibility index (Phi) is 4.17. The summed E-state index contributed by atoms with van der Waals surface area (Å²) < 4.78 is 5.45. The van der Waals surface area contributed by atoms with Gasteiger partial charge in [-0.25, -0.2) is 9.97 Å². The molecule has 1 atom stereocenters. The first-order valence-corrected chi connectivity index (χ1v) is 5.24. The van der Waals surface area contributed by atoms with Gasteiger partial charge in [-0.15, -0.1) is 0 Å². The molecule has 0 saturated heterocycles. The Morgan fingerprint density at radius 2 is 2.27 bits per heavy atom. The summed E-state index contributed by atoms with van der Waals surface area (Å²) in [7, 11) is 1.68. The van der Waals surface area contributed by atoms with Crippen molar-refractivity contribution in [3.63, 3.8) is 0 Å². The van der Waals surface area contributed by atoms with Crippen LogP contribution in [0.25, 0.3) is 0 Å². The molecule has 84 valence electrons. The van der Waals surface area contributed by atoms with Crippen molar-refractivity contribution in [2.75, 3.05) is 13.7 Å². The number of hydrogen-bond donors (Lipinski definition) is 1. The first kappa shape index (κ1) is 12.1. The minimum atomic E-state index is -0.398. The minimum Gasteiger partial charge on any atom is -0.371 e. The molecule has 4 heteroatoms. The van der Waals surface area contributed by atoms with Gasteiger partial charge in [0.1, 0.15) is 5.60 Å². The Morgan fingerprint density at radius 1 is 1.53 bits per heavy atom. The van der Waals surface area contributed by atoms with Gasteiger partial charge in [0.2, 0.25) is 0 Å². The summed E-state index contributed by atoms with van der Waals surface area (Å²) >= 11 is 0. The zero-order valence-electron chi connectivity index (χ0n) is 9.66. The van der Waals surface area contributed by atoms with Crippen molar-refractivity contribution in [2.24, 2.45) is 5.73 Å². The van der Waals surface area contributed by atoms with Crippen LogP contribution in [-0.2, 0) is 16.8 Å². The third kappa shape index (κ3) is 2.73. The highest BCUT2D eigenvalue weighted by Crippen LogP contribution is 2.24. The number of rotatable bonds is 5. The normalized spacial score (nSPS) is 14.9. The molecule has 0 aliphatic heterocycles. The van der Waals surface area contributed by atoms with Crippen LogP contribution in [-0.4, -0.2) is 23.6 Å². The maximum atomic E-state index is 5.49. The minimum absolute atomic E-state index is 0.398. The van der Waals surface area contributed by atoms with E-state index in [1.165, 1.54) is 0 Å². The van der Waals surface area contributed by atoms with Gasteiger partial charge in [0, 0.05) is 25.4 Å². The fourth-order valence-corrected chi connectivity index (χ4v) is 1.33. The molecule has 0 amide bonds. The third-order valence-corrected chi connectivity index (χ3v) is 2.71. The molecule has 1 unspecified atom stereocenters. The Labute approximate surface area is 90.9 Å². The Bertz CT molecular complexity index is 310. The van der Waals surface area contributed by atoms with Crippen molar-refractivity contribution in [3.8, 4) is 0 Å². The number of methoxy groups -OCH3 is 1. The zero-order chi connectivity index (χ0) is 11.3. The van der Waals surface area contributed by atoms with Gasteiger partial charge in [0.15, 0.2) is 5.82 Å². The van der Waals surface area contributed by atoms with E-state index in [2.05, 4.69) is 16.9 Å². The van der Waals surface area contributed by atoms with Gasteiger partial charge in [-0.2, -0.15) is 0 Å². The van der Waals surface area contributed by atoms with Crippen molar-refractivity contribution in [3.05, 3.63) is 23.8 Å². The van der Waals surface area contributed by atoms with Crippen molar-refractivity contribution in [2.45, 2.75) is 32.3 Å². The van der Waals surface area contributed by atoms with Gasteiger partial charge < -0.3 is 10.5 Å². The monoisotopic (exact) mass is 209 g/mol. The molecule has 0 saturated carbocycles. The van der Waals surface area contributed by atoms with Crippen LogP contribution in [0.4, 0.5) is 0 Å². The van der Waals surface area contributed by atoms with Crippen LogP contribution in [0, 0.1) is 0 Å². The highest BCUT2D eigenvalue weighted by atomic mass is 16.5. The molecular formula is C11H19N3O. The van der Waals surface area contributed by atoms with E-state index in [0.29, 0.717) is 6.54 Å². The van der Waals surface area contributed by atoms with Crippen LogP contribution in [0.2, 0.25) is 0 Å². The summed E-state index contributed by atoms with van der Waals surface area (Å²) in [5, 5.41) is 0. The summed E-state index contributed by atoms with van der Waals surface area (Å²) in [6.45, 7) is 4.66. The highest BCUT2D eigenvalue weighted by molar-refractivity contribution is 5.08. The van der Waals surface area contributed by atoms with E-state index in [4.69, 9.17) is 10.5 Å². The fourth-order valence-electron chi connectivity index (χ4n) is 1.33. The van der Waals surface area contributed by atoms with Gasteiger partial charge in [-0.1, -0.05) is 6.92 Å². The van der Waals surface area contributed by atoms with Crippen LogP contribution >= 0.6 is 0 Å². The summed E-state index contributed by atoms with van der Waals surface area (Å²) in [6.07, 6.45) is 3.38. The lowest BCUT2D eigenvalue weighted by Gasteiger charge is -2.24. The predicted octanol–water partition coefficient (Wildman–Crippen LogP) is 1.25. The van der Waals surface area contributed by atoms with Crippen molar-refractivity contribution in [1.29, 1.82) is 0 Å². The number of aromatic nitrogens is 2. The number of hydrogen-bond acceptors (Lipinski definition) is 4. The van der Waals surface area contributed by atoms with E-state index in [1.54, 1.807) is 13.3 Å². The lowest BCUT2D eigenvalue weighted by atomic mass is 10.0. The van der Waals surface area contributed by atoms with Crippen molar-refractivity contribution >= 4 is 0 Å². The fraction of sp³-hybridized carbons (Fsp3) is 0.636. The summed E-state index contributed by atoms with van der Waals surface area (Å²) in [5.41, 5.74) is 6.07. The second-order valence-electron chi connectivity index (χ2n) is 3.70. The summed E-state index contributed by atoms with van der Waals surface area (Å²) in [5.74, 6) is 0.735. The standard InChI is InChI=1S/C11H19N3O/c1-4-11(2,15-3)10-13-8-6-9(14-10)5-7-12/h6,8H,4-5,7,12H2,1-3H3. The summed E-state index contributed by atoms with van der Waals surface area (Å²) in [4.78, 5) is 8.72. The maximum absolute atomic E-state index is 5.49. The van der Waals surface area contributed by atoms with Crippen molar-refractivity contribution < 1.29 is 4.74 Å². The van der Waals surface area contributed by atoms with E-state index in [-0.39, 0.29) is 0 Å². The van der Waals surface area contributed by atoms with E-state index in [9.17, 15) is 0 Å². The van der Waals surface area contributed by atoms with E-state index < -0.39 is 5.60 Å². The first-order valence-electron chi connectivity index (χ1n) is 5.24. The lowest BCUT2D eigenvalue weighted by Crippen LogP contribution is -2.26. The molecule has 15 heavy (non-hydrogen) atoms. The average Bonchev–Trinajstić information content (AvgIpc) is 2.29. The Hall–Kier alpha value is -1.00. The van der Waals surface area contributed by atoms with E-state index in [0.717, 1.165) is 24.4 Å².